The molecule has 146 valence electrons. The molecule has 28 heavy (non-hydrogen) atoms. The van der Waals surface area contributed by atoms with E-state index in [1.54, 1.807) is 24.6 Å². The van der Waals surface area contributed by atoms with Gasteiger partial charge in [0.15, 0.2) is 11.5 Å². The molecule has 0 spiro atoms. The molecule has 1 amide bonds. The van der Waals surface area contributed by atoms with Gasteiger partial charge in [-0.15, -0.1) is 11.3 Å². The fourth-order valence-electron chi connectivity index (χ4n) is 2.67. The minimum atomic E-state index is -0.341. The van der Waals surface area contributed by atoms with Crippen LogP contribution in [0, 0.1) is 0 Å². The van der Waals surface area contributed by atoms with Crippen LogP contribution < -0.4 is 24.3 Å². The van der Waals surface area contributed by atoms with Gasteiger partial charge in [0.2, 0.25) is 5.75 Å². The number of nitrogens with zero attached hydrogens (tertiary/aromatic N) is 1. The summed E-state index contributed by atoms with van der Waals surface area (Å²) in [5.74, 6) is 1.71. The summed E-state index contributed by atoms with van der Waals surface area (Å²) in [5, 5.41) is 5.22. The van der Waals surface area contributed by atoms with E-state index in [1.165, 1.54) is 32.7 Å². The molecule has 0 saturated carbocycles. The first kappa shape index (κ1) is 19.5. The molecule has 0 aliphatic heterocycles. The number of benzene rings is 2. The number of thiazole rings is 1. The van der Waals surface area contributed by atoms with Crippen LogP contribution in [0.25, 0.3) is 10.6 Å². The number of carbonyl (C=O) groups excluding carboxylic acids is 1. The molecule has 1 N–H and O–H groups in total. The quantitative estimate of drug-likeness (QED) is 0.643. The summed E-state index contributed by atoms with van der Waals surface area (Å²) in [6, 6.07) is 10.9. The molecule has 0 bridgehead atoms. The van der Waals surface area contributed by atoms with E-state index >= 15 is 0 Å². The zero-order valence-corrected chi connectivity index (χ0v) is 16.8. The molecular formula is C20H20N2O5S. The highest BCUT2D eigenvalue weighted by molar-refractivity contribution is 7.13. The van der Waals surface area contributed by atoms with Crippen molar-refractivity contribution in [2.75, 3.05) is 33.8 Å². The van der Waals surface area contributed by atoms with Crippen LogP contribution >= 0.6 is 11.3 Å². The minimum absolute atomic E-state index is 0.305. The Hall–Kier alpha value is -3.26. The summed E-state index contributed by atoms with van der Waals surface area (Å²) in [5.41, 5.74) is 1.65. The number of hydrogen-bond acceptors (Lipinski definition) is 7. The number of rotatable bonds is 7. The summed E-state index contributed by atoms with van der Waals surface area (Å²) >= 11 is 1.37. The maximum Gasteiger partial charge on any atom is 0.275 e. The number of anilines is 1. The Kier molecular flexibility index (Phi) is 6.00. The van der Waals surface area contributed by atoms with Gasteiger partial charge in [0.25, 0.3) is 5.91 Å². The normalized spacial score (nSPS) is 10.3. The Morgan fingerprint density at radius 1 is 0.929 bits per heavy atom. The van der Waals surface area contributed by atoms with E-state index in [-0.39, 0.29) is 5.91 Å². The van der Waals surface area contributed by atoms with Gasteiger partial charge < -0.3 is 24.3 Å². The summed E-state index contributed by atoms with van der Waals surface area (Å²) in [6.07, 6.45) is 0. The zero-order valence-electron chi connectivity index (χ0n) is 15.9. The predicted octanol–water partition coefficient (Wildman–Crippen LogP) is 4.10. The number of hydrogen-bond donors (Lipinski definition) is 1. The van der Waals surface area contributed by atoms with Gasteiger partial charge in [-0.1, -0.05) is 12.1 Å². The highest BCUT2D eigenvalue weighted by Gasteiger charge is 2.17. The second-order valence-electron chi connectivity index (χ2n) is 5.61. The molecule has 0 atom stereocenters. The van der Waals surface area contributed by atoms with Crippen LogP contribution in [0.2, 0.25) is 0 Å². The van der Waals surface area contributed by atoms with E-state index in [4.69, 9.17) is 18.9 Å². The standard InChI is InChI=1S/C20H20N2O5S/c1-24-15-8-6-5-7-13(15)20-22-14(11-28-20)19(23)21-12-9-16(25-2)18(27-4)17(10-12)26-3/h5-11H,1-4H3,(H,21,23). The van der Waals surface area contributed by atoms with Gasteiger partial charge in [-0.05, 0) is 12.1 Å². The smallest absolute Gasteiger partial charge is 0.275 e. The van der Waals surface area contributed by atoms with E-state index in [9.17, 15) is 4.79 Å². The van der Waals surface area contributed by atoms with Crippen LogP contribution in [0.15, 0.2) is 41.8 Å². The molecule has 0 aliphatic carbocycles. The van der Waals surface area contributed by atoms with Crippen LogP contribution in [0.4, 0.5) is 5.69 Å². The van der Waals surface area contributed by atoms with E-state index in [2.05, 4.69) is 10.3 Å². The molecule has 3 aromatic rings. The van der Waals surface area contributed by atoms with Crippen LogP contribution in [0.3, 0.4) is 0 Å². The van der Waals surface area contributed by atoms with Crippen molar-refractivity contribution in [3.63, 3.8) is 0 Å². The molecule has 2 aromatic carbocycles. The van der Waals surface area contributed by atoms with Crippen molar-refractivity contribution >= 4 is 22.9 Å². The largest absolute Gasteiger partial charge is 0.496 e. The summed E-state index contributed by atoms with van der Waals surface area (Å²) in [7, 11) is 6.16. The molecule has 0 aliphatic rings. The van der Waals surface area contributed by atoms with Crippen LogP contribution in [-0.2, 0) is 0 Å². The molecule has 7 nitrogen and oxygen atoms in total. The van der Waals surface area contributed by atoms with Gasteiger partial charge in [-0.3, -0.25) is 4.79 Å². The highest BCUT2D eigenvalue weighted by atomic mass is 32.1. The van der Waals surface area contributed by atoms with Gasteiger partial charge in [-0.2, -0.15) is 0 Å². The predicted molar refractivity (Wildman–Crippen MR) is 108 cm³/mol. The Labute approximate surface area is 166 Å². The minimum Gasteiger partial charge on any atom is -0.496 e. The van der Waals surface area contributed by atoms with Crippen molar-refractivity contribution < 1.29 is 23.7 Å². The fraction of sp³-hybridized carbons (Fsp3) is 0.200. The first-order valence-electron chi connectivity index (χ1n) is 8.31. The van der Waals surface area contributed by atoms with E-state index < -0.39 is 0 Å². The Balaban J connectivity index is 1.86. The summed E-state index contributed by atoms with van der Waals surface area (Å²) < 4.78 is 21.3. The van der Waals surface area contributed by atoms with Crippen molar-refractivity contribution in [3.05, 3.63) is 47.5 Å². The van der Waals surface area contributed by atoms with Gasteiger partial charge in [-0.25, -0.2) is 4.98 Å². The topological polar surface area (TPSA) is 78.9 Å². The molecule has 0 fully saturated rings. The summed E-state index contributed by atoms with van der Waals surface area (Å²) in [6.45, 7) is 0. The Bertz CT molecular complexity index is 961. The molecule has 0 radical (unpaired) electrons. The van der Waals surface area contributed by atoms with Crippen molar-refractivity contribution in [1.82, 2.24) is 4.98 Å². The molecule has 0 unspecified atom stereocenters. The lowest BCUT2D eigenvalue weighted by Crippen LogP contribution is -2.12. The molecular weight excluding hydrogens is 380 g/mol. The number of methoxy groups -OCH3 is 4. The number of aromatic nitrogens is 1. The number of amides is 1. The number of ether oxygens (including phenoxy) is 4. The Morgan fingerprint density at radius 2 is 1.57 bits per heavy atom. The fourth-order valence-corrected chi connectivity index (χ4v) is 3.50. The maximum atomic E-state index is 12.7. The van der Waals surface area contributed by atoms with Crippen LogP contribution in [0.1, 0.15) is 10.5 Å². The second kappa shape index (κ2) is 8.62. The second-order valence-corrected chi connectivity index (χ2v) is 6.46. The Morgan fingerprint density at radius 3 is 2.18 bits per heavy atom. The molecule has 1 aromatic heterocycles. The van der Waals surface area contributed by atoms with Gasteiger partial charge in [0, 0.05) is 23.2 Å². The molecule has 8 heteroatoms. The third kappa shape index (κ3) is 3.86. The molecule has 1 heterocycles. The van der Waals surface area contributed by atoms with Crippen molar-refractivity contribution in [2.45, 2.75) is 0 Å². The SMILES string of the molecule is COc1ccccc1-c1nc(C(=O)Nc2cc(OC)c(OC)c(OC)c2)cs1. The number of para-hydroxylation sites is 1. The first-order valence-corrected chi connectivity index (χ1v) is 9.19. The molecule has 3 rings (SSSR count). The van der Waals surface area contributed by atoms with Gasteiger partial charge in [0.05, 0.1) is 34.0 Å². The van der Waals surface area contributed by atoms with E-state index in [1.807, 2.05) is 24.3 Å². The van der Waals surface area contributed by atoms with Crippen molar-refractivity contribution in [1.29, 1.82) is 0 Å². The van der Waals surface area contributed by atoms with Crippen LogP contribution in [0.5, 0.6) is 23.0 Å². The van der Waals surface area contributed by atoms with Crippen molar-refractivity contribution in [3.8, 4) is 33.6 Å². The van der Waals surface area contributed by atoms with E-state index in [0.29, 0.717) is 39.4 Å². The number of nitrogens with one attached hydrogen (secondary N) is 1. The van der Waals surface area contributed by atoms with Gasteiger partial charge >= 0.3 is 0 Å². The van der Waals surface area contributed by atoms with E-state index in [0.717, 1.165) is 5.56 Å². The average Bonchev–Trinajstić information content (AvgIpc) is 3.23. The lowest BCUT2D eigenvalue weighted by atomic mass is 10.2. The zero-order chi connectivity index (χ0) is 20.1. The first-order chi connectivity index (χ1) is 13.6. The maximum absolute atomic E-state index is 12.7. The van der Waals surface area contributed by atoms with Gasteiger partial charge in [0.1, 0.15) is 16.5 Å². The van der Waals surface area contributed by atoms with Crippen LogP contribution in [-0.4, -0.2) is 39.3 Å². The number of carbonyl (C=O) groups is 1. The highest BCUT2D eigenvalue weighted by Crippen LogP contribution is 2.40. The van der Waals surface area contributed by atoms with Crippen molar-refractivity contribution in [2.24, 2.45) is 0 Å². The molecule has 0 saturated heterocycles. The lowest BCUT2D eigenvalue weighted by molar-refractivity contribution is 0.102. The lowest BCUT2D eigenvalue weighted by Gasteiger charge is -2.14. The monoisotopic (exact) mass is 400 g/mol. The average molecular weight is 400 g/mol. The third-order valence-electron chi connectivity index (χ3n) is 4.00. The third-order valence-corrected chi connectivity index (χ3v) is 4.87. The summed E-state index contributed by atoms with van der Waals surface area (Å²) in [4.78, 5) is 17.1.